The zero-order chi connectivity index (χ0) is 18.5. The number of aliphatic imine (C=N–C) groups is 1. The van der Waals surface area contributed by atoms with Crippen molar-refractivity contribution in [3.8, 4) is 0 Å². The van der Waals surface area contributed by atoms with Crippen LogP contribution in [0.5, 0.6) is 0 Å². The van der Waals surface area contributed by atoms with E-state index in [0.29, 0.717) is 11.3 Å². The van der Waals surface area contributed by atoms with Crippen molar-refractivity contribution in [2.75, 3.05) is 0 Å². The Bertz CT molecular complexity index is 951. The summed E-state index contributed by atoms with van der Waals surface area (Å²) in [7, 11) is 0. The fourth-order valence-corrected chi connectivity index (χ4v) is 3.34. The van der Waals surface area contributed by atoms with Gasteiger partial charge >= 0.3 is 5.97 Å². The number of carboxylic acid groups (broad SMARTS) is 1. The van der Waals surface area contributed by atoms with Crippen LogP contribution in [0.4, 0.5) is 5.69 Å². The van der Waals surface area contributed by atoms with E-state index in [-0.39, 0.29) is 5.56 Å². The van der Waals surface area contributed by atoms with Crippen molar-refractivity contribution in [1.82, 2.24) is 0 Å². The van der Waals surface area contributed by atoms with Crippen molar-refractivity contribution in [1.29, 1.82) is 0 Å². The first kappa shape index (κ1) is 18.2. The van der Waals surface area contributed by atoms with Crippen LogP contribution in [0.1, 0.15) is 21.5 Å². The molecule has 0 fully saturated rings. The van der Waals surface area contributed by atoms with Crippen LogP contribution in [0.25, 0.3) is 0 Å². The fourth-order valence-electron chi connectivity index (χ4n) is 2.40. The monoisotopic (exact) mass is 381 g/mol. The molecular formula is C21H16ClNO2S. The highest BCUT2D eigenvalue weighted by Gasteiger charge is 2.08. The Labute approximate surface area is 161 Å². The quantitative estimate of drug-likeness (QED) is 0.531. The van der Waals surface area contributed by atoms with Gasteiger partial charge in [0.1, 0.15) is 0 Å². The van der Waals surface area contributed by atoms with Crippen molar-refractivity contribution in [3.63, 3.8) is 0 Å². The lowest BCUT2D eigenvalue weighted by atomic mass is 10.1. The Balaban J connectivity index is 1.73. The molecule has 0 bridgehead atoms. The SMILES string of the molecule is Cc1c(N=Cc2ccc(Sc3ccc(Cl)cc3)cc2)cccc1C(=O)O. The number of halogens is 1. The predicted molar refractivity (Wildman–Crippen MR) is 107 cm³/mol. The first-order chi connectivity index (χ1) is 12.5. The molecule has 0 aromatic heterocycles. The van der Waals surface area contributed by atoms with E-state index >= 15 is 0 Å². The van der Waals surface area contributed by atoms with Gasteiger partial charge in [-0.05, 0) is 66.6 Å². The summed E-state index contributed by atoms with van der Waals surface area (Å²) in [5, 5.41) is 9.91. The largest absolute Gasteiger partial charge is 0.478 e. The van der Waals surface area contributed by atoms with Crippen LogP contribution in [-0.4, -0.2) is 17.3 Å². The predicted octanol–water partition coefficient (Wildman–Crippen LogP) is 6.25. The molecule has 3 aromatic rings. The number of rotatable bonds is 5. The van der Waals surface area contributed by atoms with Gasteiger partial charge in [-0.2, -0.15) is 0 Å². The minimum atomic E-state index is -0.942. The second-order valence-corrected chi connectivity index (χ2v) is 7.22. The molecule has 0 spiro atoms. The molecule has 130 valence electrons. The molecule has 3 nitrogen and oxygen atoms in total. The summed E-state index contributed by atoms with van der Waals surface area (Å²) in [5.74, 6) is -0.942. The minimum absolute atomic E-state index is 0.273. The highest BCUT2D eigenvalue weighted by molar-refractivity contribution is 7.99. The molecule has 0 amide bonds. The fraction of sp³-hybridized carbons (Fsp3) is 0.0476. The highest BCUT2D eigenvalue weighted by atomic mass is 35.5. The smallest absolute Gasteiger partial charge is 0.336 e. The molecule has 0 saturated carbocycles. The lowest BCUT2D eigenvalue weighted by Gasteiger charge is -2.04. The normalized spacial score (nSPS) is 11.0. The van der Waals surface area contributed by atoms with Crippen LogP contribution >= 0.6 is 23.4 Å². The average molecular weight is 382 g/mol. The summed E-state index contributed by atoms with van der Waals surface area (Å²) in [6.45, 7) is 1.77. The van der Waals surface area contributed by atoms with Crippen LogP contribution in [0.3, 0.4) is 0 Å². The third-order valence-corrected chi connectivity index (χ3v) is 5.09. The van der Waals surface area contributed by atoms with Gasteiger partial charge in [0.2, 0.25) is 0 Å². The number of hydrogen-bond acceptors (Lipinski definition) is 3. The van der Waals surface area contributed by atoms with Crippen molar-refractivity contribution < 1.29 is 9.90 Å². The van der Waals surface area contributed by atoms with E-state index in [9.17, 15) is 9.90 Å². The van der Waals surface area contributed by atoms with Gasteiger partial charge in [0.15, 0.2) is 0 Å². The third kappa shape index (κ3) is 4.54. The van der Waals surface area contributed by atoms with Crippen LogP contribution in [-0.2, 0) is 0 Å². The number of carboxylic acids is 1. The summed E-state index contributed by atoms with van der Waals surface area (Å²) in [6.07, 6.45) is 1.74. The number of nitrogens with zero attached hydrogens (tertiary/aromatic N) is 1. The number of hydrogen-bond donors (Lipinski definition) is 1. The van der Waals surface area contributed by atoms with E-state index in [2.05, 4.69) is 4.99 Å². The van der Waals surface area contributed by atoms with Gasteiger partial charge in [-0.25, -0.2) is 4.79 Å². The van der Waals surface area contributed by atoms with Gasteiger partial charge in [0.05, 0.1) is 11.3 Å². The van der Waals surface area contributed by atoms with E-state index in [1.165, 1.54) is 0 Å². The molecule has 3 aromatic carbocycles. The van der Waals surface area contributed by atoms with Gasteiger partial charge < -0.3 is 5.11 Å². The second kappa shape index (κ2) is 8.21. The highest BCUT2D eigenvalue weighted by Crippen LogP contribution is 2.28. The molecule has 3 rings (SSSR count). The Kier molecular flexibility index (Phi) is 5.76. The molecule has 0 unspecified atom stereocenters. The van der Waals surface area contributed by atoms with E-state index in [4.69, 9.17) is 11.6 Å². The number of carbonyl (C=O) groups is 1. The summed E-state index contributed by atoms with van der Waals surface area (Å²) in [6, 6.07) is 20.8. The molecule has 26 heavy (non-hydrogen) atoms. The second-order valence-electron chi connectivity index (χ2n) is 5.64. The standard InChI is InChI=1S/C21H16ClNO2S/c1-14-19(21(24)25)3-2-4-20(14)23-13-15-5-9-17(10-6-15)26-18-11-7-16(22)8-12-18/h2-13H,1H3,(H,24,25). The average Bonchev–Trinajstić information content (AvgIpc) is 2.64. The summed E-state index contributed by atoms with van der Waals surface area (Å²) in [4.78, 5) is 17.9. The molecule has 5 heteroatoms. The van der Waals surface area contributed by atoms with Gasteiger partial charge in [-0.1, -0.05) is 41.6 Å². The number of benzene rings is 3. The minimum Gasteiger partial charge on any atom is -0.478 e. The summed E-state index contributed by atoms with van der Waals surface area (Å²) >= 11 is 7.56. The van der Waals surface area contributed by atoms with Crippen LogP contribution in [0.2, 0.25) is 5.02 Å². The van der Waals surface area contributed by atoms with Crippen molar-refractivity contribution in [3.05, 3.63) is 88.4 Å². The summed E-state index contributed by atoms with van der Waals surface area (Å²) in [5.41, 5.74) is 2.54. The lowest BCUT2D eigenvalue weighted by molar-refractivity contribution is 0.0696. The molecule has 0 aliphatic rings. The van der Waals surface area contributed by atoms with E-state index in [1.807, 2.05) is 54.6 Å². The van der Waals surface area contributed by atoms with Crippen molar-refractivity contribution >= 4 is 41.2 Å². The number of aromatic carboxylic acids is 1. The third-order valence-electron chi connectivity index (χ3n) is 3.82. The first-order valence-corrected chi connectivity index (χ1v) is 9.13. The van der Waals surface area contributed by atoms with Gasteiger partial charge in [-0.15, -0.1) is 0 Å². The van der Waals surface area contributed by atoms with Gasteiger partial charge in [-0.3, -0.25) is 4.99 Å². The maximum atomic E-state index is 11.2. The zero-order valence-corrected chi connectivity index (χ0v) is 15.6. The lowest BCUT2D eigenvalue weighted by Crippen LogP contribution is -1.99. The van der Waals surface area contributed by atoms with E-state index < -0.39 is 5.97 Å². The molecular weight excluding hydrogens is 366 g/mol. The molecule has 0 saturated heterocycles. The first-order valence-electron chi connectivity index (χ1n) is 7.93. The van der Waals surface area contributed by atoms with E-state index in [0.717, 1.165) is 20.4 Å². The molecule has 1 N–H and O–H groups in total. The Morgan fingerprint density at radius 1 is 1.00 bits per heavy atom. The summed E-state index contributed by atoms with van der Waals surface area (Å²) < 4.78 is 0. The van der Waals surface area contributed by atoms with Crippen LogP contribution < -0.4 is 0 Å². The molecule has 0 aliphatic carbocycles. The van der Waals surface area contributed by atoms with Gasteiger partial charge in [0.25, 0.3) is 0 Å². The van der Waals surface area contributed by atoms with Crippen LogP contribution in [0, 0.1) is 6.92 Å². The molecule has 0 radical (unpaired) electrons. The van der Waals surface area contributed by atoms with Crippen LogP contribution in [0.15, 0.2) is 81.5 Å². The molecule has 0 heterocycles. The van der Waals surface area contributed by atoms with Crippen molar-refractivity contribution in [2.45, 2.75) is 16.7 Å². The maximum Gasteiger partial charge on any atom is 0.336 e. The Hall–Kier alpha value is -2.56. The molecule has 0 atom stereocenters. The van der Waals surface area contributed by atoms with E-state index in [1.54, 1.807) is 37.0 Å². The van der Waals surface area contributed by atoms with Crippen molar-refractivity contribution in [2.24, 2.45) is 4.99 Å². The topological polar surface area (TPSA) is 49.7 Å². The zero-order valence-electron chi connectivity index (χ0n) is 14.0. The Morgan fingerprint density at radius 3 is 2.23 bits per heavy atom. The maximum absolute atomic E-state index is 11.2. The van der Waals surface area contributed by atoms with Gasteiger partial charge in [0, 0.05) is 21.0 Å². The Morgan fingerprint density at radius 2 is 1.62 bits per heavy atom. The molecule has 0 aliphatic heterocycles.